The van der Waals surface area contributed by atoms with Crippen molar-refractivity contribution >= 4 is 17.4 Å². The second-order valence-corrected chi connectivity index (χ2v) is 4.46. The highest BCUT2D eigenvalue weighted by atomic mass is 35.5. The van der Waals surface area contributed by atoms with E-state index in [1.54, 1.807) is 25.1 Å². The number of aliphatic imine (C=N–C) groups is 1. The molecule has 0 aliphatic rings. The Balaban J connectivity index is 3.13. The first-order valence-electron chi connectivity index (χ1n) is 5.75. The molecule has 6 heteroatoms. The molecule has 0 radical (unpaired) electrons. The quantitative estimate of drug-likeness (QED) is 0.366. The summed E-state index contributed by atoms with van der Waals surface area (Å²) in [5, 5.41) is 8.34. The molecule has 0 aromatic heterocycles. The maximum atomic E-state index is 13.8. The number of nitriles is 1. The summed E-state index contributed by atoms with van der Waals surface area (Å²) in [5.74, 6) is -0.753. The topological polar surface area (TPSA) is 39.4 Å². The van der Waals surface area contributed by atoms with E-state index in [4.69, 9.17) is 16.9 Å². The summed E-state index contributed by atoms with van der Waals surface area (Å²) in [4.78, 5) is 5.30. The van der Waals surface area contributed by atoms with Crippen molar-refractivity contribution in [1.82, 2.24) is 4.90 Å². The van der Waals surface area contributed by atoms with Crippen molar-refractivity contribution in [2.45, 2.75) is 26.3 Å². The van der Waals surface area contributed by atoms with E-state index in [0.29, 0.717) is 12.3 Å². The minimum absolute atomic E-state index is 0.170. The van der Waals surface area contributed by atoms with Crippen molar-refractivity contribution < 1.29 is 8.78 Å². The van der Waals surface area contributed by atoms with Gasteiger partial charge in [-0.3, -0.25) is 0 Å². The van der Waals surface area contributed by atoms with Crippen LogP contribution >= 0.6 is 11.6 Å². The van der Waals surface area contributed by atoms with Crippen molar-refractivity contribution in [3.63, 3.8) is 0 Å². The van der Waals surface area contributed by atoms with Gasteiger partial charge in [-0.1, -0.05) is 18.5 Å². The van der Waals surface area contributed by atoms with Crippen LogP contribution in [0, 0.1) is 23.1 Å². The van der Waals surface area contributed by atoms with E-state index in [0.717, 1.165) is 12.1 Å². The van der Waals surface area contributed by atoms with Gasteiger partial charge in [-0.25, -0.2) is 8.78 Å². The summed E-state index contributed by atoms with van der Waals surface area (Å²) in [6.07, 6.45) is 2.22. The van der Waals surface area contributed by atoms with Gasteiger partial charge in [0.15, 0.2) is 0 Å². The number of benzene rings is 1. The molecule has 0 heterocycles. The van der Waals surface area contributed by atoms with Gasteiger partial charge in [0.2, 0.25) is 6.19 Å². The molecule has 0 amide bonds. The second-order valence-electron chi connectivity index (χ2n) is 4.06. The summed E-state index contributed by atoms with van der Waals surface area (Å²) in [7, 11) is 1.68. The minimum atomic E-state index is -0.673. The maximum Gasteiger partial charge on any atom is 0.207 e. The Morgan fingerprint density at radius 1 is 1.47 bits per heavy atom. The van der Waals surface area contributed by atoms with Crippen LogP contribution in [0.15, 0.2) is 17.1 Å². The van der Waals surface area contributed by atoms with Gasteiger partial charge < -0.3 is 4.90 Å². The summed E-state index contributed by atoms with van der Waals surface area (Å²) in [6, 6.07) is 1.56. The SMILES string of the molecule is CC/C(=N\C#N)N(C)C(C)c1cc(F)c(Cl)cc1F. The molecule has 19 heavy (non-hydrogen) atoms. The van der Waals surface area contributed by atoms with Crippen molar-refractivity contribution in [2.75, 3.05) is 7.05 Å². The van der Waals surface area contributed by atoms with Crippen LogP contribution in [0.25, 0.3) is 0 Å². The van der Waals surface area contributed by atoms with Crippen LogP contribution in [-0.4, -0.2) is 17.8 Å². The predicted molar refractivity (Wildman–Crippen MR) is 70.9 cm³/mol. The van der Waals surface area contributed by atoms with E-state index < -0.39 is 17.7 Å². The summed E-state index contributed by atoms with van der Waals surface area (Å²) in [6.45, 7) is 3.53. The molecular formula is C13H14ClF2N3. The van der Waals surface area contributed by atoms with Crippen molar-refractivity contribution in [3.05, 3.63) is 34.4 Å². The number of hydrogen-bond donors (Lipinski definition) is 0. The number of halogens is 3. The first-order chi connectivity index (χ1) is 8.92. The first-order valence-corrected chi connectivity index (χ1v) is 6.13. The van der Waals surface area contributed by atoms with Crippen LogP contribution in [0.2, 0.25) is 5.02 Å². The molecule has 0 saturated heterocycles. The molecule has 0 aliphatic heterocycles. The van der Waals surface area contributed by atoms with Gasteiger partial charge in [0, 0.05) is 19.0 Å². The third-order valence-electron chi connectivity index (χ3n) is 2.97. The number of nitrogens with zero attached hydrogens (tertiary/aromatic N) is 3. The molecule has 0 bridgehead atoms. The van der Waals surface area contributed by atoms with Crippen molar-refractivity contribution in [1.29, 1.82) is 5.26 Å². The van der Waals surface area contributed by atoms with E-state index in [1.807, 2.05) is 6.92 Å². The Bertz CT molecular complexity index is 537. The Hall–Kier alpha value is -1.67. The third-order valence-corrected chi connectivity index (χ3v) is 3.26. The van der Waals surface area contributed by atoms with Crippen LogP contribution in [0.4, 0.5) is 8.78 Å². The van der Waals surface area contributed by atoms with Crippen molar-refractivity contribution in [2.24, 2.45) is 4.99 Å². The largest absolute Gasteiger partial charge is 0.356 e. The molecule has 102 valence electrons. The fourth-order valence-corrected chi connectivity index (χ4v) is 1.91. The smallest absolute Gasteiger partial charge is 0.207 e. The van der Waals surface area contributed by atoms with Crippen LogP contribution in [0.1, 0.15) is 31.9 Å². The Morgan fingerprint density at radius 2 is 2.11 bits per heavy atom. The average Bonchev–Trinajstić information content (AvgIpc) is 2.38. The van der Waals surface area contributed by atoms with E-state index in [2.05, 4.69) is 4.99 Å². The zero-order valence-corrected chi connectivity index (χ0v) is 11.7. The number of amidine groups is 1. The number of rotatable bonds is 3. The molecule has 3 nitrogen and oxygen atoms in total. The molecule has 1 unspecified atom stereocenters. The molecule has 0 N–H and O–H groups in total. The van der Waals surface area contributed by atoms with Gasteiger partial charge >= 0.3 is 0 Å². The summed E-state index contributed by atoms with van der Waals surface area (Å²) < 4.78 is 27.2. The van der Waals surface area contributed by atoms with Gasteiger partial charge in [0.25, 0.3) is 0 Å². The summed E-state index contributed by atoms with van der Waals surface area (Å²) >= 11 is 5.51. The van der Waals surface area contributed by atoms with Gasteiger partial charge in [0.05, 0.1) is 11.1 Å². The van der Waals surface area contributed by atoms with Crippen LogP contribution in [0.5, 0.6) is 0 Å². The zero-order valence-electron chi connectivity index (χ0n) is 10.9. The highest BCUT2D eigenvalue weighted by molar-refractivity contribution is 6.30. The molecule has 1 atom stereocenters. The van der Waals surface area contributed by atoms with Crippen molar-refractivity contribution in [3.8, 4) is 6.19 Å². The Morgan fingerprint density at radius 3 is 2.63 bits per heavy atom. The highest BCUT2D eigenvalue weighted by Crippen LogP contribution is 2.27. The monoisotopic (exact) mass is 285 g/mol. The molecule has 0 saturated carbocycles. The zero-order chi connectivity index (χ0) is 14.6. The van der Waals surface area contributed by atoms with E-state index >= 15 is 0 Å². The lowest BCUT2D eigenvalue weighted by Gasteiger charge is -2.27. The lowest BCUT2D eigenvalue weighted by atomic mass is 10.1. The second kappa shape index (κ2) is 6.48. The lowest BCUT2D eigenvalue weighted by Crippen LogP contribution is -2.29. The van der Waals surface area contributed by atoms with E-state index in [-0.39, 0.29) is 10.6 Å². The molecule has 1 aromatic carbocycles. The Kier molecular flexibility index (Phi) is 5.25. The summed E-state index contributed by atoms with van der Waals surface area (Å²) in [5.41, 5.74) is 0.170. The van der Waals surface area contributed by atoms with E-state index in [9.17, 15) is 8.78 Å². The Labute approximate surface area is 116 Å². The van der Waals surface area contributed by atoms with Gasteiger partial charge in [-0.15, -0.1) is 0 Å². The average molecular weight is 286 g/mol. The molecule has 0 spiro atoms. The fraction of sp³-hybridized carbons (Fsp3) is 0.385. The van der Waals surface area contributed by atoms with E-state index in [1.165, 1.54) is 0 Å². The molecule has 1 aromatic rings. The normalized spacial score (nSPS) is 13.0. The van der Waals surface area contributed by atoms with Gasteiger partial charge in [0.1, 0.15) is 17.5 Å². The molecule has 0 fully saturated rings. The van der Waals surface area contributed by atoms with Gasteiger partial charge in [-0.2, -0.15) is 10.3 Å². The highest BCUT2D eigenvalue weighted by Gasteiger charge is 2.20. The predicted octanol–water partition coefficient (Wildman–Crippen LogP) is 3.90. The first kappa shape index (κ1) is 15.4. The third kappa shape index (κ3) is 3.42. The number of hydrogen-bond acceptors (Lipinski definition) is 2. The van der Waals surface area contributed by atoms with Crippen LogP contribution in [0.3, 0.4) is 0 Å². The van der Waals surface area contributed by atoms with Crippen LogP contribution < -0.4 is 0 Å². The standard InChI is InChI=1S/C13H14ClF2N3/c1-4-13(18-7-17)19(3)8(2)9-5-12(16)10(14)6-11(9)15/h5-6,8H,4H2,1-3H3/b18-13+. The fourth-order valence-electron chi connectivity index (χ4n) is 1.76. The molecular weight excluding hydrogens is 272 g/mol. The minimum Gasteiger partial charge on any atom is -0.356 e. The lowest BCUT2D eigenvalue weighted by molar-refractivity contribution is 0.381. The van der Waals surface area contributed by atoms with Crippen LogP contribution in [-0.2, 0) is 0 Å². The van der Waals surface area contributed by atoms with Gasteiger partial charge in [-0.05, 0) is 19.1 Å². The molecule has 1 rings (SSSR count). The maximum absolute atomic E-state index is 13.8. The molecule has 0 aliphatic carbocycles.